The fourth-order valence-electron chi connectivity index (χ4n) is 1.49. The normalized spacial score (nSPS) is 21.2. The lowest BCUT2D eigenvalue weighted by atomic mass is 9.67. The molecule has 60 valence electrons. The van der Waals surface area contributed by atoms with E-state index in [0.29, 0.717) is 0 Å². The highest BCUT2D eigenvalue weighted by Gasteiger charge is 2.40. The fraction of sp³-hybridized carbons (Fsp3) is 0.714. The highest BCUT2D eigenvalue weighted by molar-refractivity contribution is 7.03. The highest BCUT2D eigenvalue weighted by atomic mass is 32.1. The highest BCUT2D eigenvalue weighted by Crippen LogP contribution is 2.42. The molecule has 1 aliphatic rings. The van der Waals surface area contributed by atoms with Gasteiger partial charge in [-0.1, -0.05) is 10.9 Å². The zero-order valence-electron chi connectivity index (χ0n) is 6.16. The molecule has 1 aromatic rings. The van der Waals surface area contributed by atoms with Gasteiger partial charge in [0.05, 0.1) is 12.3 Å². The van der Waals surface area contributed by atoms with Crippen LogP contribution in [0.25, 0.3) is 0 Å². The average molecular weight is 170 g/mol. The summed E-state index contributed by atoms with van der Waals surface area (Å²) >= 11 is 1.36. The van der Waals surface area contributed by atoms with E-state index in [2.05, 4.69) is 9.59 Å². The van der Waals surface area contributed by atoms with Gasteiger partial charge in [-0.2, -0.15) is 0 Å². The van der Waals surface area contributed by atoms with Gasteiger partial charge in [0.2, 0.25) is 0 Å². The Kier molecular flexibility index (Phi) is 1.65. The monoisotopic (exact) mass is 170 g/mol. The summed E-state index contributed by atoms with van der Waals surface area (Å²) in [5, 5.41) is 15.1. The summed E-state index contributed by atoms with van der Waals surface area (Å²) in [4.78, 5) is 0. The predicted octanol–water partition coefficient (Wildman–Crippen LogP) is 0.952. The minimum atomic E-state index is -0.0208. The van der Waals surface area contributed by atoms with E-state index < -0.39 is 0 Å². The molecule has 3 nitrogen and oxygen atoms in total. The van der Waals surface area contributed by atoms with E-state index in [1.807, 2.05) is 5.38 Å². The van der Waals surface area contributed by atoms with Crippen LogP contribution >= 0.6 is 11.5 Å². The van der Waals surface area contributed by atoms with E-state index in [9.17, 15) is 0 Å². The maximum atomic E-state index is 9.15. The summed E-state index contributed by atoms with van der Waals surface area (Å²) in [6.45, 7) is 0.221. The van der Waals surface area contributed by atoms with Crippen molar-refractivity contribution >= 4 is 11.5 Å². The van der Waals surface area contributed by atoms with Crippen LogP contribution in [0.1, 0.15) is 25.0 Å². The number of hydrogen-bond acceptors (Lipinski definition) is 4. The van der Waals surface area contributed by atoms with Crippen molar-refractivity contribution in [2.45, 2.75) is 24.7 Å². The number of aliphatic hydroxyl groups is 1. The minimum Gasteiger partial charge on any atom is -0.395 e. The Morgan fingerprint density at radius 1 is 1.64 bits per heavy atom. The van der Waals surface area contributed by atoms with E-state index >= 15 is 0 Å². The molecule has 1 aromatic heterocycles. The summed E-state index contributed by atoms with van der Waals surface area (Å²) in [6.07, 6.45) is 3.34. The van der Waals surface area contributed by atoms with Crippen molar-refractivity contribution in [3.63, 3.8) is 0 Å². The molecule has 0 aliphatic heterocycles. The second-order valence-corrected chi connectivity index (χ2v) is 3.69. The molecule has 0 bridgehead atoms. The average Bonchev–Trinajstić information content (AvgIpc) is 2.39. The van der Waals surface area contributed by atoms with Gasteiger partial charge in [0.15, 0.2) is 0 Å². The van der Waals surface area contributed by atoms with Crippen LogP contribution in [0.5, 0.6) is 0 Å². The van der Waals surface area contributed by atoms with Crippen LogP contribution in [-0.4, -0.2) is 21.3 Å². The van der Waals surface area contributed by atoms with Crippen LogP contribution < -0.4 is 0 Å². The van der Waals surface area contributed by atoms with E-state index in [4.69, 9.17) is 5.11 Å². The molecule has 11 heavy (non-hydrogen) atoms. The van der Waals surface area contributed by atoms with Crippen molar-refractivity contribution in [1.82, 2.24) is 9.59 Å². The van der Waals surface area contributed by atoms with Crippen LogP contribution in [0.3, 0.4) is 0 Å². The molecule has 0 radical (unpaired) electrons. The van der Waals surface area contributed by atoms with Crippen molar-refractivity contribution < 1.29 is 5.11 Å². The van der Waals surface area contributed by atoms with E-state index in [-0.39, 0.29) is 12.0 Å². The molecule has 0 atom stereocenters. The molecule has 0 aromatic carbocycles. The van der Waals surface area contributed by atoms with Crippen LogP contribution in [0.2, 0.25) is 0 Å². The van der Waals surface area contributed by atoms with Gasteiger partial charge in [-0.25, -0.2) is 0 Å². The molecule has 4 heteroatoms. The summed E-state index contributed by atoms with van der Waals surface area (Å²) in [5.41, 5.74) is 0.962. The second-order valence-electron chi connectivity index (χ2n) is 3.08. The topological polar surface area (TPSA) is 46.0 Å². The van der Waals surface area contributed by atoms with Crippen molar-refractivity contribution in [2.24, 2.45) is 0 Å². The lowest BCUT2D eigenvalue weighted by molar-refractivity contribution is 0.116. The van der Waals surface area contributed by atoms with E-state index in [1.54, 1.807) is 0 Å². The zero-order valence-corrected chi connectivity index (χ0v) is 6.97. The Hall–Kier alpha value is -0.480. The first kappa shape index (κ1) is 7.18. The SMILES string of the molecule is OCC1(c2csnn2)CCC1. The van der Waals surface area contributed by atoms with Crippen molar-refractivity contribution in [3.05, 3.63) is 11.1 Å². The Labute approximate surface area is 69.2 Å². The molecule has 1 aliphatic carbocycles. The van der Waals surface area contributed by atoms with Crippen LogP contribution in [0.15, 0.2) is 5.38 Å². The standard InChI is InChI=1S/C7H10N2OS/c10-5-7(2-1-3-7)6-4-11-9-8-6/h4,10H,1-3,5H2. The molecule has 0 spiro atoms. The first-order valence-electron chi connectivity index (χ1n) is 3.76. The summed E-state index contributed by atoms with van der Waals surface area (Å²) in [5.74, 6) is 0. The second kappa shape index (κ2) is 2.53. The molecule has 1 N–H and O–H groups in total. The molecular formula is C7H10N2OS. The molecule has 0 saturated heterocycles. The van der Waals surface area contributed by atoms with Gasteiger partial charge in [-0.05, 0) is 24.4 Å². The summed E-state index contributed by atoms with van der Waals surface area (Å²) < 4.78 is 3.80. The number of hydrogen-bond donors (Lipinski definition) is 1. The maximum absolute atomic E-state index is 9.15. The van der Waals surface area contributed by atoms with Gasteiger partial charge in [-0.3, -0.25) is 0 Å². The largest absolute Gasteiger partial charge is 0.395 e. The lowest BCUT2D eigenvalue weighted by Crippen LogP contribution is -2.38. The minimum absolute atomic E-state index is 0.0208. The molecular weight excluding hydrogens is 160 g/mol. The quantitative estimate of drug-likeness (QED) is 0.718. The number of nitrogens with zero attached hydrogens (tertiary/aromatic N) is 2. The first-order chi connectivity index (χ1) is 5.37. The van der Waals surface area contributed by atoms with Gasteiger partial charge < -0.3 is 5.11 Å². The zero-order chi connectivity index (χ0) is 7.73. The van der Waals surface area contributed by atoms with Crippen molar-refractivity contribution in [1.29, 1.82) is 0 Å². The Bertz CT molecular complexity index is 225. The van der Waals surface area contributed by atoms with Crippen LogP contribution in [0, 0.1) is 0 Å². The molecule has 1 saturated carbocycles. The van der Waals surface area contributed by atoms with Gasteiger partial charge >= 0.3 is 0 Å². The summed E-state index contributed by atoms with van der Waals surface area (Å²) in [7, 11) is 0. The van der Waals surface area contributed by atoms with E-state index in [1.165, 1.54) is 18.0 Å². The van der Waals surface area contributed by atoms with Crippen molar-refractivity contribution in [2.75, 3.05) is 6.61 Å². The van der Waals surface area contributed by atoms with Crippen LogP contribution in [-0.2, 0) is 5.41 Å². The van der Waals surface area contributed by atoms with Gasteiger partial charge in [-0.15, -0.1) is 5.10 Å². The maximum Gasteiger partial charge on any atom is 0.0840 e. The Morgan fingerprint density at radius 2 is 2.45 bits per heavy atom. The van der Waals surface area contributed by atoms with Crippen LogP contribution in [0.4, 0.5) is 0 Å². The Morgan fingerprint density at radius 3 is 2.82 bits per heavy atom. The number of rotatable bonds is 2. The van der Waals surface area contributed by atoms with Gasteiger partial charge in [0.25, 0.3) is 0 Å². The molecule has 1 fully saturated rings. The van der Waals surface area contributed by atoms with Gasteiger partial charge in [0, 0.05) is 10.8 Å². The Balaban J connectivity index is 2.25. The molecule has 2 rings (SSSR count). The number of aromatic nitrogens is 2. The molecule has 1 heterocycles. The molecule has 0 amide bonds. The smallest absolute Gasteiger partial charge is 0.0840 e. The van der Waals surface area contributed by atoms with Gasteiger partial charge in [0.1, 0.15) is 0 Å². The molecule has 0 unspecified atom stereocenters. The third-order valence-electron chi connectivity index (χ3n) is 2.52. The predicted molar refractivity (Wildman–Crippen MR) is 42.5 cm³/mol. The third kappa shape index (κ3) is 0.973. The van der Waals surface area contributed by atoms with Crippen molar-refractivity contribution in [3.8, 4) is 0 Å². The fourth-order valence-corrected chi connectivity index (χ4v) is 2.07. The number of aliphatic hydroxyl groups excluding tert-OH is 1. The summed E-state index contributed by atoms with van der Waals surface area (Å²) in [6, 6.07) is 0. The first-order valence-corrected chi connectivity index (χ1v) is 4.59. The lowest BCUT2D eigenvalue weighted by Gasteiger charge is -2.38. The van der Waals surface area contributed by atoms with E-state index in [0.717, 1.165) is 18.5 Å². The third-order valence-corrected chi connectivity index (χ3v) is 3.02.